The van der Waals surface area contributed by atoms with Gasteiger partial charge in [0.2, 0.25) is 0 Å². The Bertz CT molecular complexity index is 1100. The van der Waals surface area contributed by atoms with Crippen molar-refractivity contribution >= 4 is 11.1 Å². The molecule has 0 saturated carbocycles. The van der Waals surface area contributed by atoms with Gasteiger partial charge < -0.3 is 4.42 Å². The van der Waals surface area contributed by atoms with Crippen LogP contribution in [0.5, 0.6) is 0 Å². The highest BCUT2D eigenvalue weighted by molar-refractivity contribution is 5.81. The van der Waals surface area contributed by atoms with Crippen LogP contribution in [0.4, 0.5) is 0 Å². The molecule has 2 aromatic carbocycles. The highest BCUT2D eigenvalue weighted by atomic mass is 16.3. The molecule has 0 aliphatic rings. The lowest BCUT2D eigenvalue weighted by molar-refractivity contribution is 0.561. The van der Waals surface area contributed by atoms with Crippen LogP contribution in [0.2, 0.25) is 0 Å². The minimum atomic E-state index is -2.15. The summed E-state index contributed by atoms with van der Waals surface area (Å²) < 4.78 is 28.3. The number of hydrogen-bond donors (Lipinski definition) is 0. The molecule has 0 spiro atoms. The van der Waals surface area contributed by atoms with E-state index in [1.54, 1.807) is 6.07 Å². The molecule has 0 unspecified atom stereocenters. The van der Waals surface area contributed by atoms with Gasteiger partial charge in [0, 0.05) is 22.8 Å². The van der Waals surface area contributed by atoms with Gasteiger partial charge in [-0.2, -0.15) is 0 Å². The summed E-state index contributed by atoms with van der Waals surface area (Å²) in [6.07, 6.45) is 1.54. The van der Waals surface area contributed by atoms with E-state index in [-0.39, 0.29) is 5.56 Å². The van der Waals surface area contributed by atoms with Crippen molar-refractivity contribution in [1.29, 1.82) is 0 Å². The van der Waals surface area contributed by atoms with Crippen molar-refractivity contribution in [2.24, 2.45) is 0 Å². The van der Waals surface area contributed by atoms with E-state index in [1.165, 1.54) is 12.3 Å². The highest BCUT2D eigenvalue weighted by Gasteiger charge is 2.06. The molecule has 23 heavy (non-hydrogen) atoms. The van der Waals surface area contributed by atoms with Crippen LogP contribution >= 0.6 is 0 Å². The van der Waals surface area contributed by atoms with Crippen LogP contribution in [0.25, 0.3) is 33.5 Å². The number of fused-ring (bicyclic) bond motifs is 1. The Morgan fingerprint density at radius 2 is 1.83 bits per heavy atom. The van der Waals surface area contributed by atoms with E-state index >= 15 is 0 Å². The Hall–Kier alpha value is -2.94. The molecular weight excluding hydrogens is 284 g/mol. The molecule has 0 aliphatic heterocycles. The van der Waals surface area contributed by atoms with E-state index in [2.05, 4.69) is 9.97 Å². The largest absolute Gasteiger partial charge is 0.441 e. The van der Waals surface area contributed by atoms with Crippen LogP contribution < -0.4 is 0 Å². The van der Waals surface area contributed by atoms with Gasteiger partial charge >= 0.3 is 0 Å². The van der Waals surface area contributed by atoms with Gasteiger partial charge in [0.25, 0.3) is 0 Å². The van der Waals surface area contributed by atoms with Gasteiger partial charge in [0.05, 0.1) is 5.69 Å². The Balaban J connectivity index is 1.76. The molecule has 0 amide bonds. The third kappa shape index (κ3) is 2.61. The lowest BCUT2D eigenvalue weighted by Gasteiger charge is -2.06. The molecular formula is C20H16N2O. The minimum Gasteiger partial charge on any atom is -0.441 e. The van der Waals surface area contributed by atoms with E-state index in [1.807, 2.05) is 49.4 Å². The van der Waals surface area contributed by atoms with E-state index in [0.29, 0.717) is 11.6 Å². The molecule has 2 aromatic heterocycles. The van der Waals surface area contributed by atoms with Crippen molar-refractivity contribution in [3.63, 3.8) is 0 Å². The van der Waals surface area contributed by atoms with E-state index < -0.39 is 6.85 Å². The van der Waals surface area contributed by atoms with Crippen LogP contribution in [0.3, 0.4) is 0 Å². The van der Waals surface area contributed by atoms with Crippen molar-refractivity contribution in [2.45, 2.75) is 13.8 Å². The van der Waals surface area contributed by atoms with Crippen LogP contribution in [0.15, 0.2) is 65.2 Å². The predicted octanol–water partition coefficient (Wildman–Crippen LogP) is 5.17. The Labute approximate surface area is 138 Å². The van der Waals surface area contributed by atoms with Crippen molar-refractivity contribution in [3.05, 3.63) is 72.2 Å². The van der Waals surface area contributed by atoms with Gasteiger partial charge in [0.1, 0.15) is 5.52 Å². The molecule has 3 heteroatoms. The summed E-state index contributed by atoms with van der Waals surface area (Å²) in [4.78, 5) is 8.71. The molecule has 0 bridgehead atoms. The lowest BCUT2D eigenvalue weighted by Crippen LogP contribution is -1.85. The fraction of sp³-hybridized carbons (Fsp3) is 0.100. The first kappa shape index (κ1) is 10.7. The maximum Gasteiger partial charge on any atom is 0.192 e. The molecule has 0 fully saturated rings. The Morgan fingerprint density at radius 3 is 2.74 bits per heavy atom. The molecule has 0 saturated heterocycles. The van der Waals surface area contributed by atoms with Crippen LogP contribution in [-0.2, 0) is 0 Å². The first-order chi connectivity index (χ1) is 12.4. The fourth-order valence-electron chi connectivity index (χ4n) is 2.67. The second kappa shape index (κ2) is 5.36. The normalized spacial score (nSPS) is 13.5. The quantitative estimate of drug-likeness (QED) is 0.512. The summed E-state index contributed by atoms with van der Waals surface area (Å²) in [7, 11) is 0. The number of hydrogen-bond acceptors (Lipinski definition) is 3. The molecule has 0 aliphatic carbocycles. The topological polar surface area (TPSA) is 38.9 Å². The van der Waals surface area contributed by atoms with E-state index in [4.69, 9.17) is 8.53 Å². The molecule has 0 radical (unpaired) electrons. The van der Waals surface area contributed by atoms with Crippen molar-refractivity contribution in [3.8, 4) is 22.4 Å². The lowest BCUT2D eigenvalue weighted by atomic mass is 10.0. The number of aromatic nitrogens is 2. The monoisotopic (exact) mass is 303 g/mol. The van der Waals surface area contributed by atoms with Crippen molar-refractivity contribution in [1.82, 2.24) is 9.97 Å². The van der Waals surface area contributed by atoms with Gasteiger partial charge in [-0.3, -0.25) is 4.98 Å². The average molecular weight is 303 g/mol. The summed E-state index contributed by atoms with van der Waals surface area (Å²) in [6, 6.07) is 16.9. The summed E-state index contributed by atoms with van der Waals surface area (Å²) in [6.45, 7) is -0.324. The number of nitrogens with zero attached hydrogens (tertiary/aromatic N) is 2. The van der Waals surface area contributed by atoms with Gasteiger partial charge in [-0.15, -0.1) is 0 Å². The van der Waals surface area contributed by atoms with Crippen molar-refractivity contribution < 1.29 is 8.53 Å². The molecule has 3 nitrogen and oxygen atoms in total. The maximum absolute atomic E-state index is 7.58. The average Bonchev–Trinajstić information content (AvgIpc) is 3.00. The van der Waals surface area contributed by atoms with Gasteiger partial charge in [-0.05, 0) is 53.9 Å². The number of pyridine rings is 1. The smallest absolute Gasteiger partial charge is 0.192 e. The summed E-state index contributed by atoms with van der Waals surface area (Å²) in [5.41, 5.74) is 5.38. The summed E-state index contributed by atoms with van der Waals surface area (Å²) >= 11 is 0. The van der Waals surface area contributed by atoms with Crippen molar-refractivity contribution in [2.75, 3.05) is 0 Å². The first-order valence-corrected chi connectivity index (χ1v) is 7.35. The van der Waals surface area contributed by atoms with Crippen LogP contribution in [0.1, 0.15) is 15.6 Å². The SMILES string of the molecule is [2H]C([2H])([2H])c1ccnc(-c2cccc(-c3ccc4oc(C)nc4c3)c2)c1. The maximum atomic E-state index is 7.58. The van der Waals surface area contributed by atoms with Crippen LogP contribution in [-0.4, -0.2) is 9.97 Å². The number of rotatable bonds is 2. The number of benzene rings is 2. The van der Waals surface area contributed by atoms with E-state index in [0.717, 1.165) is 27.8 Å². The second-order valence-corrected chi connectivity index (χ2v) is 5.43. The standard InChI is InChI=1S/C20H16N2O/c1-13-8-9-21-18(10-13)17-5-3-4-15(11-17)16-6-7-20-19(12-16)22-14(2)23-20/h3-12H,1-2H3/i1D3. The third-order valence-electron chi connectivity index (χ3n) is 3.75. The highest BCUT2D eigenvalue weighted by Crippen LogP contribution is 2.28. The molecule has 112 valence electrons. The molecule has 0 atom stereocenters. The van der Waals surface area contributed by atoms with Gasteiger partial charge in [-0.25, -0.2) is 4.98 Å². The zero-order valence-electron chi connectivity index (χ0n) is 15.6. The Morgan fingerprint density at radius 1 is 0.957 bits per heavy atom. The van der Waals surface area contributed by atoms with Gasteiger partial charge in [0.15, 0.2) is 11.5 Å². The fourth-order valence-corrected chi connectivity index (χ4v) is 2.67. The molecule has 4 aromatic rings. The number of aryl methyl sites for hydroxylation is 2. The van der Waals surface area contributed by atoms with Gasteiger partial charge in [-0.1, -0.05) is 24.3 Å². The zero-order valence-corrected chi connectivity index (χ0v) is 12.6. The third-order valence-corrected chi connectivity index (χ3v) is 3.75. The minimum absolute atomic E-state index is 0.285. The predicted molar refractivity (Wildman–Crippen MR) is 92.2 cm³/mol. The van der Waals surface area contributed by atoms with Crippen LogP contribution in [0, 0.1) is 13.8 Å². The zero-order chi connectivity index (χ0) is 18.3. The Kier molecular flexibility index (Phi) is 2.50. The number of oxazole rings is 1. The molecule has 4 rings (SSSR count). The first-order valence-electron chi connectivity index (χ1n) is 8.85. The second-order valence-electron chi connectivity index (χ2n) is 5.43. The molecule has 2 heterocycles. The summed E-state index contributed by atoms with van der Waals surface area (Å²) in [5.74, 6) is 0.636. The molecule has 0 N–H and O–H groups in total. The summed E-state index contributed by atoms with van der Waals surface area (Å²) in [5, 5.41) is 0. The van der Waals surface area contributed by atoms with E-state index in [9.17, 15) is 0 Å².